The van der Waals surface area contributed by atoms with Crippen molar-refractivity contribution in [3.63, 3.8) is 0 Å². The van der Waals surface area contributed by atoms with Crippen LogP contribution in [0.2, 0.25) is 0 Å². The quantitative estimate of drug-likeness (QED) is 0.484. The van der Waals surface area contributed by atoms with Crippen molar-refractivity contribution in [2.24, 2.45) is 0 Å². The zero-order valence-electron chi connectivity index (χ0n) is 15.7. The molecule has 29 heavy (non-hydrogen) atoms. The largest absolute Gasteiger partial charge is 0.326 e. The number of non-ortho nitro benzene ring substituents is 1. The van der Waals surface area contributed by atoms with Gasteiger partial charge < -0.3 is 10.6 Å². The Morgan fingerprint density at radius 2 is 1.62 bits per heavy atom. The van der Waals surface area contributed by atoms with Crippen LogP contribution in [0.25, 0.3) is 0 Å². The first-order chi connectivity index (χ1) is 13.9. The molecule has 0 aliphatic heterocycles. The predicted molar refractivity (Wildman–Crippen MR) is 111 cm³/mol. The molecule has 0 aliphatic rings. The second kappa shape index (κ2) is 8.79. The Hall–Kier alpha value is -4.00. The van der Waals surface area contributed by atoms with E-state index in [4.69, 9.17) is 0 Å². The van der Waals surface area contributed by atoms with Gasteiger partial charge in [-0.15, -0.1) is 0 Å². The van der Waals surface area contributed by atoms with E-state index in [2.05, 4.69) is 10.6 Å². The summed E-state index contributed by atoms with van der Waals surface area (Å²) in [5.74, 6) is -0.498. The van der Waals surface area contributed by atoms with Crippen molar-refractivity contribution >= 4 is 28.9 Å². The van der Waals surface area contributed by atoms with Gasteiger partial charge in [-0.3, -0.25) is 19.7 Å². The minimum Gasteiger partial charge on any atom is -0.326 e. The number of carbonyl (C=O) groups is 2. The fourth-order valence-corrected chi connectivity index (χ4v) is 2.80. The number of aryl methyl sites for hydroxylation is 1. The molecular weight excluding hydrogens is 370 g/mol. The molecule has 7 nitrogen and oxygen atoms in total. The summed E-state index contributed by atoms with van der Waals surface area (Å²) in [5, 5.41) is 16.3. The number of nitrogens with one attached hydrogen (secondary N) is 2. The molecule has 0 spiro atoms. The highest BCUT2D eigenvalue weighted by Gasteiger charge is 2.11. The molecule has 2 N–H and O–H groups in total. The van der Waals surface area contributed by atoms with Crippen molar-refractivity contribution < 1.29 is 14.5 Å². The molecule has 3 rings (SSSR count). The van der Waals surface area contributed by atoms with Gasteiger partial charge in [0.1, 0.15) is 0 Å². The van der Waals surface area contributed by atoms with E-state index in [-0.39, 0.29) is 23.9 Å². The Morgan fingerprint density at radius 3 is 2.24 bits per heavy atom. The highest BCUT2D eigenvalue weighted by atomic mass is 16.6. The molecule has 2 amide bonds. The van der Waals surface area contributed by atoms with Gasteiger partial charge in [-0.25, -0.2) is 0 Å². The van der Waals surface area contributed by atoms with Crippen LogP contribution in [-0.2, 0) is 11.2 Å². The van der Waals surface area contributed by atoms with Gasteiger partial charge in [0, 0.05) is 29.1 Å². The number of nitro groups is 1. The zero-order chi connectivity index (χ0) is 20.8. The van der Waals surface area contributed by atoms with Crippen molar-refractivity contribution in [1.82, 2.24) is 0 Å². The lowest BCUT2D eigenvalue weighted by Gasteiger charge is -2.11. The van der Waals surface area contributed by atoms with E-state index in [1.54, 1.807) is 18.2 Å². The van der Waals surface area contributed by atoms with Gasteiger partial charge >= 0.3 is 0 Å². The Balaban J connectivity index is 1.63. The Morgan fingerprint density at radius 1 is 0.931 bits per heavy atom. The minimum atomic E-state index is -0.518. The lowest BCUT2D eigenvalue weighted by molar-refractivity contribution is -0.384. The molecule has 3 aromatic rings. The molecule has 0 radical (unpaired) electrons. The van der Waals surface area contributed by atoms with Crippen molar-refractivity contribution in [1.29, 1.82) is 0 Å². The summed E-state index contributed by atoms with van der Waals surface area (Å²) in [5.41, 5.74) is 3.19. The van der Waals surface area contributed by atoms with Gasteiger partial charge in [-0.1, -0.05) is 30.3 Å². The second-order valence-electron chi connectivity index (χ2n) is 6.50. The van der Waals surface area contributed by atoms with Gasteiger partial charge in [0.05, 0.1) is 11.3 Å². The standard InChI is InChI=1S/C22H19N3O4/c1-15-13-18(23-22(27)17-7-10-19(11-8-17)25(28)29)9-12-20(15)24-21(26)14-16-5-3-2-4-6-16/h2-13H,14H2,1H3,(H,23,27)(H,24,26). The SMILES string of the molecule is Cc1cc(NC(=O)c2ccc([N+](=O)[O-])cc2)ccc1NC(=O)Cc1ccccc1. The summed E-state index contributed by atoms with van der Waals surface area (Å²) in [6, 6.07) is 20.0. The van der Waals surface area contributed by atoms with Gasteiger partial charge in [0.2, 0.25) is 5.91 Å². The number of carbonyl (C=O) groups excluding carboxylic acids is 2. The van der Waals surface area contributed by atoms with Crippen LogP contribution in [0, 0.1) is 17.0 Å². The van der Waals surface area contributed by atoms with Crippen LogP contribution in [-0.4, -0.2) is 16.7 Å². The molecule has 0 atom stereocenters. The predicted octanol–water partition coefficient (Wildman–Crippen LogP) is 4.34. The van der Waals surface area contributed by atoms with Crippen molar-refractivity contribution in [2.75, 3.05) is 10.6 Å². The van der Waals surface area contributed by atoms with Crippen LogP contribution in [0.1, 0.15) is 21.5 Å². The molecule has 0 aliphatic carbocycles. The van der Waals surface area contributed by atoms with E-state index in [1.165, 1.54) is 24.3 Å². The van der Waals surface area contributed by atoms with Gasteiger partial charge in [0.25, 0.3) is 11.6 Å². The second-order valence-corrected chi connectivity index (χ2v) is 6.50. The molecule has 0 fully saturated rings. The molecule has 0 saturated heterocycles. The number of rotatable bonds is 6. The van der Waals surface area contributed by atoms with E-state index >= 15 is 0 Å². The van der Waals surface area contributed by atoms with E-state index < -0.39 is 4.92 Å². The molecule has 3 aromatic carbocycles. The van der Waals surface area contributed by atoms with E-state index in [0.717, 1.165) is 11.1 Å². The number of nitrogens with zero attached hydrogens (tertiary/aromatic N) is 1. The van der Waals surface area contributed by atoms with Crippen LogP contribution in [0.3, 0.4) is 0 Å². The number of hydrogen-bond acceptors (Lipinski definition) is 4. The summed E-state index contributed by atoms with van der Waals surface area (Å²) in [6.45, 7) is 1.83. The third-order valence-electron chi connectivity index (χ3n) is 4.31. The maximum atomic E-state index is 12.3. The zero-order valence-corrected chi connectivity index (χ0v) is 15.7. The molecule has 0 unspecified atom stereocenters. The van der Waals surface area contributed by atoms with Crippen LogP contribution in [0.15, 0.2) is 72.8 Å². The number of anilines is 2. The number of benzene rings is 3. The average Bonchev–Trinajstić information content (AvgIpc) is 2.71. The van der Waals surface area contributed by atoms with E-state index in [0.29, 0.717) is 16.9 Å². The first-order valence-corrected chi connectivity index (χ1v) is 8.92. The minimum absolute atomic E-state index is 0.0759. The molecule has 146 valence electrons. The molecule has 0 aromatic heterocycles. The molecule has 0 saturated carbocycles. The topological polar surface area (TPSA) is 101 Å². The first kappa shape index (κ1) is 19.8. The third kappa shape index (κ3) is 5.26. The van der Waals surface area contributed by atoms with Gasteiger partial charge in [0.15, 0.2) is 0 Å². The fraction of sp³-hybridized carbons (Fsp3) is 0.0909. The summed E-state index contributed by atoms with van der Waals surface area (Å²) in [4.78, 5) is 34.7. The number of amides is 2. The van der Waals surface area contributed by atoms with Crippen molar-refractivity contribution in [2.45, 2.75) is 13.3 Å². The Labute approximate surface area is 167 Å². The summed E-state index contributed by atoms with van der Waals surface area (Å²) < 4.78 is 0. The van der Waals surface area contributed by atoms with Gasteiger partial charge in [-0.05, 0) is 48.4 Å². The lowest BCUT2D eigenvalue weighted by Crippen LogP contribution is -2.16. The van der Waals surface area contributed by atoms with Crippen LogP contribution >= 0.6 is 0 Å². The summed E-state index contributed by atoms with van der Waals surface area (Å²) in [7, 11) is 0. The third-order valence-corrected chi connectivity index (χ3v) is 4.31. The van der Waals surface area contributed by atoms with Crippen molar-refractivity contribution in [3.8, 4) is 0 Å². The maximum Gasteiger partial charge on any atom is 0.269 e. The Bertz CT molecular complexity index is 1050. The monoisotopic (exact) mass is 389 g/mol. The normalized spacial score (nSPS) is 10.2. The number of hydrogen-bond donors (Lipinski definition) is 2. The molecular formula is C22H19N3O4. The number of nitro benzene ring substituents is 1. The molecule has 0 heterocycles. The fourth-order valence-electron chi connectivity index (χ4n) is 2.80. The first-order valence-electron chi connectivity index (χ1n) is 8.92. The lowest BCUT2D eigenvalue weighted by atomic mass is 10.1. The maximum absolute atomic E-state index is 12.3. The van der Waals surface area contributed by atoms with Crippen molar-refractivity contribution in [3.05, 3.63) is 99.6 Å². The molecule has 0 bridgehead atoms. The van der Waals surface area contributed by atoms with Gasteiger partial charge in [-0.2, -0.15) is 0 Å². The van der Waals surface area contributed by atoms with Crippen LogP contribution in [0.5, 0.6) is 0 Å². The average molecular weight is 389 g/mol. The highest BCUT2D eigenvalue weighted by molar-refractivity contribution is 6.04. The summed E-state index contributed by atoms with van der Waals surface area (Å²) in [6.07, 6.45) is 0.277. The van der Waals surface area contributed by atoms with Crippen LogP contribution < -0.4 is 10.6 Å². The highest BCUT2D eigenvalue weighted by Crippen LogP contribution is 2.21. The van der Waals surface area contributed by atoms with E-state index in [9.17, 15) is 19.7 Å². The van der Waals surface area contributed by atoms with E-state index in [1.807, 2.05) is 37.3 Å². The summed E-state index contributed by atoms with van der Waals surface area (Å²) >= 11 is 0. The smallest absolute Gasteiger partial charge is 0.269 e. The van der Waals surface area contributed by atoms with Crippen LogP contribution in [0.4, 0.5) is 17.1 Å². The molecule has 7 heteroatoms. The Kier molecular flexibility index (Phi) is 5.99.